The van der Waals surface area contributed by atoms with Gasteiger partial charge in [-0.2, -0.15) is 0 Å². The lowest BCUT2D eigenvalue weighted by molar-refractivity contribution is 1.18. The van der Waals surface area contributed by atoms with Crippen molar-refractivity contribution < 1.29 is 0 Å². The van der Waals surface area contributed by atoms with Gasteiger partial charge in [-0.1, -0.05) is 0 Å². The fourth-order valence-electron chi connectivity index (χ4n) is 0.524. The number of rotatable bonds is 1. The smallest absolute Gasteiger partial charge is 0.114 e. The van der Waals surface area contributed by atoms with Crippen molar-refractivity contribution in [3.8, 4) is 0 Å². The molecular weight excluding hydrogens is 245 g/mol. The van der Waals surface area contributed by atoms with Crippen LogP contribution in [0.1, 0.15) is 0 Å². The first-order chi connectivity index (χ1) is 4.34. The van der Waals surface area contributed by atoms with E-state index in [9.17, 15) is 0 Å². The molecule has 1 rings (SSSR count). The van der Waals surface area contributed by atoms with Crippen molar-refractivity contribution in [2.24, 2.45) is 0 Å². The van der Waals surface area contributed by atoms with Crippen LogP contribution in [0.25, 0.3) is 0 Å². The molecule has 0 aliphatic rings. The lowest BCUT2D eigenvalue weighted by atomic mass is 10.5. The van der Waals surface area contributed by atoms with Crippen molar-refractivity contribution in [3.63, 3.8) is 0 Å². The maximum absolute atomic E-state index is 4.12. The van der Waals surface area contributed by atoms with Crippen molar-refractivity contribution in [1.29, 1.82) is 0 Å². The highest BCUT2D eigenvalue weighted by Crippen LogP contribution is 2.18. The molecule has 0 aromatic carbocycles. The standard InChI is InChI=1S/C6H6INS/c1-9-5-3-2-4-8-6(5)7/h2-4H,1H3. The molecule has 1 nitrogen and oxygen atoms in total. The molecule has 1 aromatic heterocycles. The van der Waals surface area contributed by atoms with Gasteiger partial charge in [0.05, 0.1) is 0 Å². The summed E-state index contributed by atoms with van der Waals surface area (Å²) in [6.45, 7) is 0. The number of pyridine rings is 1. The summed E-state index contributed by atoms with van der Waals surface area (Å²) in [6.07, 6.45) is 3.86. The lowest BCUT2D eigenvalue weighted by Gasteiger charge is -1.95. The molecule has 0 N–H and O–H groups in total. The zero-order valence-corrected chi connectivity index (χ0v) is 7.94. The van der Waals surface area contributed by atoms with E-state index < -0.39 is 0 Å². The zero-order valence-electron chi connectivity index (χ0n) is 4.97. The van der Waals surface area contributed by atoms with E-state index >= 15 is 0 Å². The molecule has 0 unspecified atom stereocenters. The maximum Gasteiger partial charge on any atom is 0.114 e. The van der Waals surface area contributed by atoms with Crippen molar-refractivity contribution in [1.82, 2.24) is 4.98 Å². The second kappa shape index (κ2) is 3.41. The molecule has 0 saturated carbocycles. The predicted octanol–water partition coefficient (Wildman–Crippen LogP) is 2.41. The van der Waals surface area contributed by atoms with Crippen LogP contribution in [0.15, 0.2) is 23.2 Å². The van der Waals surface area contributed by atoms with Gasteiger partial charge in [-0.25, -0.2) is 4.98 Å². The highest BCUT2D eigenvalue weighted by atomic mass is 127. The van der Waals surface area contributed by atoms with Crippen molar-refractivity contribution in [2.45, 2.75) is 4.90 Å². The van der Waals surface area contributed by atoms with Crippen LogP contribution in [0.4, 0.5) is 0 Å². The Hall–Kier alpha value is 0.230. The molecule has 48 valence electrons. The number of nitrogens with zero attached hydrogens (tertiary/aromatic N) is 1. The van der Waals surface area contributed by atoms with Crippen LogP contribution >= 0.6 is 34.4 Å². The first-order valence-corrected chi connectivity index (χ1v) is 4.79. The number of halogens is 1. The third kappa shape index (κ3) is 1.82. The van der Waals surface area contributed by atoms with Gasteiger partial charge in [0.1, 0.15) is 3.70 Å². The van der Waals surface area contributed by atoms with Crippen LogP contribution in [-0.4, -0.2) is 11.2 Å². The maximum atomic E-state index is 4.12. The Balaban J connectivity index is 3.01. The van der Waals surface area contributed by atoms with E-state index in [2.05, 4.69) is 39.9 Å². The van der Waals surface area contributed by atoms with E-state index in [1.807, 2.05) is 12.3 Å². The Labute approximate surface area is 72.4 Å². The first kappa shape index (κ1) is 7.34. The van der Waals surface area contributed by atoms with Crippen LogP contribution in [-0.2, 0) is 0 Å². The number of hydrogen-bond donors (Lipinski definition) is 0. The Morgan fingerprint density at radius 3 is 2.89 bits per heavy atom. The van der Waals surface area contributed by atoms with Crippen molar-refractivity contribution >= 4 is 34.4 Å². The molecular formula is C6H6INS. The van der Waals surface area contributed by atoms with Gasteiger partial charge in [0.25, 0.3) is 0 Å². The van der Waals surface area contributed by atoms with Gasteiger partial charge in [-0.15, -0.1) is 11.8 Å². The Bertz CT molecular complexity index is 202. The largest absolute Gasteiger partial charge is 0.249 e. The molecule has 1 heterocycles. The summed E-state index contributed by atoms with van der Waals surface area (Å²) in [6, 6.07) is 4.02. The van der Waals surface area contributed by atoms with E-state index in [1.165, 1.54) is 4.90 Å². The third-order valence-electron chi connectivity index (χ3n) is 0.945. The molecule has 0 radical (unpaired) electrons. The van der Waals surface area contributed by atoms with Crippen LogP contribution < -0.4 is 0 Å². The van der Waals surface area contributed by atoms with Gasteiger partial charge >= 0.3 is 0 Å². The van der Waals surface area contributed by atoms with E-state index in [-0.39, 0.29) is 0 Å². The molecule has 0 fully saturated rings. The Morgan fingerprint density at radius 2 is 2.44 bits per heavy atom. The van der Waals surface area contributed by atoms with Crippen LogP contribution in [0.5, 0.6) is 0 Å². The summed E-state index contributed by atoms with van der Waals surface area (Å²) in [5.41, 5.74) is 0. The molecule has 9 heavy (non-hydrogen) atoms. The summed E-state index contributed by atoms with van der Waals surface area (Å²) >= 11 is 3.95. The number of hydrogen-bond acceptors (Lipinski definition) is 2. The molecule has 0 bridgehead atoms. The summed E-state index contributed by atoms with van der Waals surface area (Å²) in [4.78, 5) is 5.36. The molecule has 0 atom stereocenters. The van der Waals surface area contributed by atoms with Gasteiger partial charge in [-0.05, 0) is 41.0 Å². The molecule has 0 spiro atoms. The minimum absolute atomic E-state index is 1.09. The van der Waals surface area contributed by atoms with Gasteiger partial charge < -0.3 is 0 Å². The minimum Gasteiger partial charge on any atom is -0.249 e. The second-order valence-corrected chi connectivity index (χ2v) is 3.37. The SMILES string of the molecule is CSc1cccnc1I. The number of thioether (sulfide) groups is 1. The Morgan fingerprint density at radius 1 is 1.67 bits per heavy atom. The van der Waals surface area contributed by atoms with Gasteiger partial charge in [-0.3, -0.25) is 0 Å². The van der Waals surface area contributed by atoms with Gasteiger partial charge in [0.15, 0.2) is 0 Å². The average Bonchev–Trinajstić information content (AvgIpc) is 1.89. The topological polar surface area (TPSA) is 12.9 Å². The van der Waals surface area contributed by atoms with Crippen LogP contribution in [0.3, 0.4) is 0 Å². The monoisotopic (exact) mass is 251 g/mol. The average molecular weight is 251 g/mol. The van der Waals surface area contributed by atoms with Crippen molar-refractivity contribution in [3.05, 3.63) is 22.0 Å². The van der Waals surface area contributed by atoms with Crippen molar-refractivity contribution in [2.75, 3.05) is 6.26 Å². The number of aromatic nitrogens is 1. The highest BCUT2D eigenvalue weighted by Gasteiger charge is 1.93. The molecule has 0 aliphatic heterocycles. The van der Waals surface area contributed by atoms with Crippen LogP contribution in [0, 0.1) is 3.70 Å². The predicted molar refractivity (Wildman–Crippen MR) is 48.7 cm³/mol. The molecule has 0 saturated heterocycles. The first-order valence-electron chi connectivity index (χ1n) is 2.49. The van der Waals surface area contributed by atoms with E-state index in [4.69, 9.17) is 0 Å². The van der Waals surface area contributed by atoms with Gasteiger partial charge in [0.2, 0.25) is 0 Å². The van der Waals surface area contributed by atoms with E-state index in [1.54, 1.807) is 11.8 Å². The molecule has 3 heteroatoms. The van der Waals surface area contributed by atoms with Gasteiger partial charge in [0, 0.05) is 11.1 Å². The summed E-state index contributed by atoms with van der Waals surface area (Å²) < 4.78 is 1.09. The lowest BCUT2D eigenvalue weighted by Crippen LogP contribution is -1.80. The molecule has 0 amide bonds. The highest BCUT2D eigenvalue weighted by molar-refractivity contribution is 14.1. The summed E-state index contributed by atoms with van der Waals surface area (Å²) in [7, 11) is 0. The second-order valence-electron chi connectivity index (χ2n) is 1.50. The zero-order chi connectivity index (χ0) is 6.69. The van der Waals surface area contributed by atoms with E-state index in [0.29, 0.717) is 0 Å². The molecule has 0 aliphatic carbocycles. The fraction of sp³-hybridized carbons (Fsp3) is 0.167. The quantitative estimate of drug-likeness (QED) is 0.432. The molecule has 1 aromatic rings. The van der Waals surface area contributed by atoms with E-state index in [0.717, 1.165) is 3.70 Å². The Kier molecular flexibility index (Phi) is 2.78. The minimum atomic E-state index is 1.09. The third-order valence-corrected chi connectivity index (χ3v) is 2.94. The van der Waals surface area contributed by atoms with Crippen LogP contribution in [0.2, 0.25) is 0 Å². The normalized spacial score (nSPS) is 9.56. The fourth-order valence-corrected chi connectivity index (χ4v) is 1.96. The summed E-state index contributed by atoms with van der Waals surface area (Å²) in [5, 5.41) is 0. The summed E-state index contributed by atoms with van der Waals surface area (Å²) in [5.74, 6) is 0.